The SMILES string of the molecule is C=C(C)c1cccc(CCN(CCCC)CCCC)c1. The summed E-state index contributed by atoms with van der Waals surface area (Å²) >= 11 is 0. The number of nitrogens with zero attached hydrogens (tertiary/aromatic N) is 1. The molecule has 0 aliphatic rings. The van der Waals surface area contributed by atoms with Gasteiger partial charge in [0.05, 0.1) is 0 Å². The van der Waals surface area contributed by atoms with Crippen molar-refractivity contribution in [2.45, 2.75) is 52.9 Å². The van der Waals surface area contributed by atoms with Crippen molar-refractivity contribution in [3.05, 3.63) is 42.0 Å². The van der Waals surface area contributed by atoms with Crippen molar-refractivity contribution in [3.8, 4) is 0 Å². The maximum absolute atomic E-state index is 4.03. The average Bonchev–Trinajstić information content (AvgIpc) is 2.46. The molecule has 0 atom stereocenters. The minimum absolute atomic E-state index is 1.15. The lowest BCUT2D eigenvalue weighted by molar-refractivity contribution is 0.268. The molecule has 0 saturated heterocycles. The van der Waals surface area contributed by atoms with Crippen LogP contribution in [0.25, 0.3) is 5.57 Å². The second kappa shape index (κ2) is 9.77. The van der Waals surface area contributed by atoms with Gasteiger partial charge in [-0.2, -0.15) is 0 Å². The Labute approximate surface area is 125 Å². The van der Waals surface area contributed by atoms with E-state index in [1.807, 2.05) is 0 Å². The molecule has 1 rings (SSSR count). The van der Waals surface area contributed by atoms with E-state index in [2.05, 4.69) is 56.5 Å². The van der Waals surface area contributed by atoms with Crippen molar-refractivity contribution in [1.82, 2.24) is 4.90 Å². The lowest BCUT2D eigenvalue weighted by Crippen LogP contribution is -2.28. The number of hydrogen-bond acceptors (Lipinski definition) is 1. The molecule has 0 heterocycles. The maximum atomic E-state index is 4.03. The predicted octanol–water partition coefficient (Wildman–Crippen LogP) is 5.16. The summed E-state index contributed by atoms with van der Waals surface area (Å²) in [5.74, 6) is 0. The van der Waals surface area contributed by atoms with Gasteiger partial charge in [-0.3, -0.25) is 0 Å². The van der Waals surface area contributed by atoms with E-state index in [4.69, 9.17) is 0 Å². The molecule has 0 aliphatic carbocycles. The fourth-order valence-corrected chi connectivity index (χ4v) is 2.38. The fraction of sp³-hybridized carbons (Fsp3) is 0.579. The Kier molecular flexibility index (Phi) is 8.29. The van der Waals surface area contributed by atoms with Crippen LogP contribution in [0.1, 0.15) is 57.6 Å². The monoisotopic (exact) mass is 273 g/mol. The van der Waals surface area contributed by atoms with Gasteiger partial charge in [0, 0.05) is 6.54 Å². The Balaban J connectivity index is 2.52. The molecule has 0 aromatic heterocycles. The van der Waals surface area contributed by atoms with Gasteiger partial charge in [0.25, 0.3) is 0 Å². The molecule has 1 aromatic rings. The van der Waals surface area contributed by atoms with E-state index in [-0.39, 0.29) is 0 Å². The van der Waals surface area contributed by atoms with Crippen LogP contribution in [-0.4, -0.2) is 24.5 Å². The van der Waals surface area contributed by atoms with E-state index in [0.29, 0.717) is 0 Å². The minimum atomic E-state index is 1.15. The van der Waals surface area contributed by atoms with Crippen molar-refractivity contribution in [1.29, 1.82) is 0 Å². The molecular weight excluding hydrogens is 242 g/mol. The van der Waals surface area contributed by atoms with Gasteiger partial charge in [-0.05, 0) is 50.4 Å². The Morgan fingerprint density at radius 1 is 1.05 bits per heavy atom. The molecule has 0 radical (unpaired) electrons. The second-order valence-corrected chi connectivity index (χ2v) is 5.78. The molecule has 1 nitrogen and oxygen atoms in total. The number of hydrogen-bond donors (Lipinski definition) is 0. The van der Waals surface area contributed by atoms with Crippen molar-refractivity contribution in [2.24, 2.45) is 0 Å². The summed E-state index contributed by atoms with van der Waals surface area (Å²) < 4.78 is 0. The third kappa shape index (κ3) is 6.38. The van der Waals surface area contributed by atoms with Crippen LogP contribution in [0, 0.1) is 0 Å². The fourth-order valence-electron chi connectivity index (χ4n) is 2.38. The van der Waals surface area contributed by atoms with Gasteiger partial charge < -0.3 is 4.90 Å². The highest BCUT2D eigenvalue weighted by Crippen LogP contribution is 2.14. The largest absolute Gasteiger partial charge is 0.303 e. The first kappa shape index (κ1) is 17.0. The Bertz CT molecular complexity index is 387. The van der Waals surface area contributed by atoms with Crippen LogP contribution in [0.15, 0.2) is 30.8 Å². The number of allylic oxidation sites excluding steroid dienone is 1. The van der Waals surface area contributed by atoms with Crippen molar-refractivity contribution in [2.75, 3.05) is 19.6 Å². The summed E-state index contributed by atoms with van der Waals surface area (Å²) in [5.41, 5.74) is 3.86. The van der Waals surface area contributed by atoms with E-state index in [0.717, 1.165) is 12.0 Å². The van der Waals surface area contributed by atoms with Crippen LogP contribution in [0.3, 0.4) is 0 Å². The van der Waals surface area contributed by atoms with Gasteiger partial charge in [0.1, 0.15) is 0 Å². The molecule has 1 aromatic carbocycles. The molecule has 0 N–H and O–H groups in total. The van der Waals surface area contributed by atoms with E-state index < -0.39 is 0 Å². The topological polar surface area (TPSA) is 3.24 Å². The van der Waals surface area contributed by atoms with Gasteiger partial charge in [-0.25, -0.2) is 0 Å². The molecule has 0 bridgehead atoms. The molecule has 0 fully saturated rings. The zero-order valence-corrected chi connectivity index (χ0v) is 13.6. The lowest BCUT2D eigenvalue weighted by atomic mass is 10.0. The molecule has 112 valence electrons. The second-order valence-electron chi connectivity index (χ2n) is 5.78. The number of benzene rings is 1. The summed E-state index contributed by atoms with van der Waals surface area (Å²) in [4.78, 5) is 2.63. The van der Waals surface area contributed by atoms with Gasteiger partial charge >= 0.3 is 0 Å². The predicted molar refractivity (Wildman–Crippen MR) is 91.1 cm³/mol. The first-order chi connectivity index (χ1) is 9.67. The van der Waals surface area contributed by atoms with Crippen molar-refractivity contribution in [3.63, 3.8) is 0 Å². The average molecular weight is 273 g/mol. The van der Waals surface area contributed by atoms with Crippen molar-refractivity contribution < 1.29 is 0 Å². The highest BCUT2D eigenvalue weighted by atomic mass is 15.1. The van der Waals surface area contributed by atoms with Crippen LogP contribution in [-0.2, 0) is 6.42 Å². The van der Waals surface area contributed by atoms with Crippen LogP contribution >= 0.6 is 0 Å². The quantitative estimate of drug-likeness (QED) is 0.569. The van der Waals surface area contributed by atoms with E-state index in [1.165, 1.54) is 56.4 Å². The molecule has 0 saturated carbocycles. The summed E-state index contributed by atoms with van der Waals surface area (Å²) in [5, 5.41) is 0. The van der Waals surface area contributed by atoms with E-state index in [1.54, 1.807) is 0 Å². The van der Waals surface area contributed by atoms with Crippen LogP contribution in [0.4, 0.5) is 0 Å². The smallest absolute Gasteiger partial charge is 0.00218 e. The van der Waals surface area contributed by atoms with Gasteiger partial charge in [0.15, 0.2) is 0 Å². The third-order valence-electron chi connectivity index (χ3n) is 3.79. The van der Waals surface area contributed by atoms with E-state index >= 15 is 0 Å². The summed E-state index contributed by atoms with van der Waals surface area (Å²) in [6.07, 6.45) is 6.35. The number of unbranched alkanes of at least 4 members (excludes halogenated alkanes) is 2. The summed E-state index contributed by atoms with van der Waals surface area (Å²) in [6, 6.07) is 8.84. The highest BCUT2D eigenvalue weighted by Gasteiger charge is 2.05. The zero-order chi connectivity index (χ0) is 14.8. The summed E-state index contributed by atoms with van der Waals surface area (Å²) in [6.45, 7) is 14.3. The van der Waals surface area contributed by atoms with Crippen LogP contribution in [0.2, 0.25) is 0 Å². The molecular formula is C19H31N. The molecule has 20 heavy (non-hydrogen) atoms. The molecule has 1 heteroatoms. The van der Waals surface area contributed by atoms with Gasteiger partial charge in [-0.15, -0.1) is 0 Å². The molecule has 0 spiro atoms. The zero-order valence-electron chi connectivity index (χ0n) is 13.6. The van der Waals surface area contributed by atoms with Crippen LogP contribution < -0.4 is 0 Å². The highest BCUT2D eigenvalue weighted by molar-refractivity contribution is 5.61. The Hall–Kier alpha value is -1.08. The molecule has 0 aliphatic heterocycles. The maximum Gasteiger partial charge on any atom is 0.00218 e. The standard InChI is InChI=1S/C19H31N/c1-5-7-13-20(14-8-6-2)15-12-18-10-9-11-19(16-18)17(3)4/h9-11,16H,3,5-8,12-15H2,1-2,4H3. The van der Waals surface area contributed by atoms with E-state index in [9.17, 15) is 0 Å². The lowest BCUT2D eigenvalue weighted by Gasteiger charge is -2.22. The van der Waals surface area contributed by atoms with Crippen molar-refractivity contribution >= 4 is 5.57 Å². The minimum Gasteiger partial charge on any atom is -0.303 e. The normalized spacial score (nSPS) is 11.0. The number of rotatable bonds is 10. The Morgan fingerprint density at radius 2 is 1.70 bits per heavy atom. The Morgan fingerprint density at radius 3 is 2.25 bits per heavy atom. The first-order valence-corrected chi connectivity index (χ1v) is 8.14. The molecule has 0 unspecified atom stereocenters. The first-order valence-electron chi connectivity index (χ1n) is 8.14. The summed E-state index contributed by atoms with van der Waals surface area (Å²) in [7, 11) is 0. The van der Waals surface area contributed by atoms with Crippen LogP contribution in [0.5, 0.6) is 0 Å². The van der Waals surface area contributed by atoms with Gasteiger partial charge in [0.2, 0.25) is 0 Å². The molecule has 0 amide bonds. The van der Waals surface area contributed by atoms with Gasteiger partial charge in [-0.1, -0.05) is 63.1 Å². The third-order valence-corrected chi connectivity index (χ3v) is 3.79.